The van der Waals surface area contributed by atoms with E-state index in [-0.39, 0.29) is 10.8 Å². The van der Waals surface area contributed by atoms with E-state index in [0.717, 1.165) is 6.07 Å². The van der Waals surface area contributed by atoms with Crippen LogP contribution in [0.3, 0.4) is 0 Å². The third-order valence-electron chi connectivity index (χ3n) is 2.41. The Labute approximate surface area is 102 Å². The first-order valence-corrected chi connectivity index (χ1v) is 5.49. The van der Waals surface area contributed by atoms with Crippen LogP contribution in [-0.2, 0) is 12.6 Å². The van der Waals surface area contributed by atoms with E-state index < -0.39 is 17.6 Å². The predicted molar refractivity (Wildman–Crippen MR) is 60.6 cm³/mol. The number of rotatable bonds is 3. The highest BCUT2D eigenvalue weighted by atomic mass is 32.1. The summed E-state index contributed by atoms with van der Waals surface area (Å²) >= 11 is 3.71. The molecule has 1 atom stereocenters. The summed E-state index contributed by atoms with van der Waals surface area (Å²) in [6.45, 7) is 2.18. The van der Waals surface area contributed by atoms with Crippen molar-refractivity contribution in [3.05, 3.63) is 29.1 Å². The number of hydrogen-bond acceptors (Lipinski definition) is 2. The number of thiol groups is 1. The maximum absolute atomic E-state index is 13.3. The minimum atomic E-state index is -4.70. The monoisotopic (exact) mass is 267 g/mol. The average Bonchev–Trinajstić information content (AvgIpc) is 2.21. The van der Waals surface area contributed by atoms with Crippen LogP contribution in [0.1, 0.15) is 18.1 Å². The molecule has 0 saturated heterocycles. The first-order chi connectivity index (χ1) is 7.75. The quantitative estimate of drug-likeness (QED) is 0.638. The van der Waals surface area contributed by atoms with Crippen LogP contribution in [0.25, 0.3) is 0 Å². The molecule has 0 aliphatic carbocycles. The average molecular weight is 267 g/mol. The second kappa shape index (κ2) is 5.27. The van der Waals surface area contributed by atoms with Gasteiger partial charge in [-0.25, -0.2) is 4.39 Å². The lowest BCUT2D eigenvalue weighted by Crippen LogP contribution is -2.15. The molecule has 1 rings (SSSR count). The van der Waals surface area contributed by atoms with Crippen LogP contribution in [0.2, 0.25) is 0 Å². The Hall–Kier alpha value is -0.750. The van der Waals surface area contributed by atoms with Gasteiger partial charge in [0.25, 0.3) is 0 Å². The molecule has 1 nitrogen and oxygen atoms in total. The minimum absolute atomic E-state index is 0.0364. The molecule has 0 radical (unpaired) electrons. The molecule has 1 aromatic carbocycles. The summed E-state index contributed by atoms with van der Waals surface area (Å²) in [6.07, 6.45) is -4.34. The standard InChI is InChI=1S/C11H13F4NS/c1-6(5-16)2-7-3-8(11(13,14)15)10(12)9(17)4-7/h3-4,6,17H,2,5,16H2,1H3. The summed E-state index contributed by atoms with van der Waals surface area (Å²) < 4.78 is 50.9. The van der Waals surface area contributed by atoms with Crippen LogP contribution in [0.4, 0.5) is 17.6 Å². The molecule has 1 aromatic rings. The van der Waals surface area contributed by atoms with E-state index in [1.54, 1.807) is 0 Å². The molecule has 0 saturated carbocycles. The fourth-order valence-corrected chi connectivity index (χ4v) is 1.76. The van der Waals surface area contributed by atoms with Gasteiger partial charge in [0.1, 0.15) is 5.82 Å². The van der Waals surface area contributed by atoms with Crippen molar-refractivity contribution in [2.75, 3.05) is 6.54 Å². The lowest BCUT2D eigenvalue weighted by molar-refractivity contribution is -0.140. The van der Waals surface area contributed by atoms with Crippen molar-refractivity contribution < 1.29 is 17.6 Å². The van der Waals surface area contributed by atoms with Gasteiger partial charge in [0.05, 0.1) is 5.56 Å². The Kier molecular flexibility index (Phi) is 4.43. The molecule has 0 bridgehead atoms. The van der Waals surface area contributed by atoms with Gasteiger partial charge in [0, 0.05) is 4.90 Å². The topological polar surface area (TPSA) is 26.0 Å². The fraction of sp³-hybridized carbons (Fsp3) is 0.455. The van der Waals surface area contributed by atoms with Gasteiger partial charge in [0.2, 0.25) is 0 Å². The molecule has 0 aliphatic rings. The van der Waals surface area contributed by atoms with Crippen LogP contribution in [0, 0.1) is 11.7 Å². The fourth-order valence-electron chi connectivity index (χ4n) is 1.48. The predicted octanol–water partition coefficient (Wildman–Crippen LogP) is 3.27. The zero-order valence-electron chi connectivity index (χ0n) is 9.18. The van der Waals surface area contributed by atoms with Crippen molar-refractivity contribution in [2.45, 2.75) is 24.4 Å². The number of hydrogen-bond donors (Lipinski definition) is 2. The minimum Gasteiger partial charge on any atom is -0.330 e. The summed E-state index contributed by atoms with van der Waals surface area (Å²) in [4.78, 5) is -0.293. The smallest absolute Gasteiger partial charge is 0.330 e. The van der Waals surface area contributed by atoms with Crippen molar-refractivity contribution in [3.63, 3.8) is 0 Å². The Morgan fingerprint density at radius 3 is 2.41 bits per heavy atom. The molecule has 6 heteroatoms. The van der Waals surface area contributed by atoms with E-state index in [1.807, 2.05) is 6.92 Å². The van der Waals surface area contributed by atoms with E-state index in [2.05, 4.69) is 12.6 Å². The van der Waals surface area contributed by atoms with E-state index in [0.29, 0.717) is 18.5 Å². The lowest BCUT2D eigenvalue weighted by atomic mass is 9.99. The van der Waals surface area contributed by atoms with Crippen LogP contribution >= 0.6 is 12.6 Å². The van der Waals surface area contributed by atoms with Gasteiger partial charge in [-0.2, -0.15) is 13.2 Å². The highest BCUT2D eigenvalue weighted by Crippen LogP contribution is 2.34. The maximum Gasteiger partial charge on any atom is 0.419 e. The van der Waals surface area contributed by atoms with Crippen molar-refractivity contribution in [3.8, 4) is 0 Å². The zero-order chi connectivity index (χ0) is 13.2. The molecular formula is C11H13F4NS. The molecule has 0 aliphatic heterocycles. The molecule has 0 amide bonds. The lowest BCUT2D eigenvalue weighted by Gasteiger charge is -2.14. The largest absolute Gasteiger partial charge is 0.419 e. The van der Waals surface area contributed by atoms with Crippen LogP contribution in [0.15, 0.2) is 17.0 Å². The molecule has 0 heterocycles. The van der Waals surface area contributed by atoms with Crippen molar-refractivity contribution >= 4 is 12.6 Å². The maximum atomic E-state index is 13.3. The third kappa shape index (κ3) is 3.61. The molecule has 0 aromatic heterocycles. The number of alkyl halides is 3. The van der Waals surface area contributed by atoms with Gasteiger partial charge in [0.15, 0.2) is 0 Å². The number of nitrogens with two attached hydrogens (primary N) is 1. The van der Waals surface area contributed by atoms with Gasteiger partial charge in [-0.05, 0) is 36.6 Å². The second-order valence-electron chi connectivity index (χ2n) is 4.02. The normalized spacial score (nSPS) is 13.8. The molecule has 17 heavy (non-hydrogen) atoms. The molecule has 0 spiro atoms. The summed E-state index contributed by atoms with van der Waals surface area (Å²) in [5.41, 5.74) is 4.51. The van der Waals surface area contributed by atoms with E-state index >= 15 is 0 Å². The van der Waals surface area contributed by atoms with Gasteiger partial charge in [-0.3, -0.25) is 0 Å². The van der Waals surface area contributed by atoms with Gasteiger partial charge in [-0.15, -0.1) is 12.6 Å². The van der Waals surface area contributed by atoms with Crippen LogP contribution in [0.5, 0.6) is 0 Å². The summed E-state index contributed by atoms with van der Waals surface area (Å²) in [6, 6.07) is 2.13. The first-order valence-electron chi connectivity index (χ1n) is 5.04. The van der Waals surface area contributed by atoms with E-state index in [9.17, 15) is 17.6 Å². The summed E-state index contributed by atoms with van der Waals surface area (Å²) in [7, 11) is 0. The van der Waals surface area contributed by atoms with E-state index in [4.69, 9.17) is 5.73 Å². The number of halogens is 4. The van der Waals surface area contributed by atoms with E-state index in [1.165, 1.54) is 6.07 Å². The second-order valence-corrected chi connectivity index (χ2v) is 4.50. The SMILES string of the molecule is CC(CN)Cc1cc(S)c(F)c(C(F)(F)F)c1. The highest BCUT2D eigenvalue weighted by molar-refractivity contribution is 7.80. The first kappa shape index (κ1) is 14.3. The summed E-state index contributed by atoms with van der Waals surface area (Å²) in [5.74, 6) is -1.29. The van der Waals surface area contributed by atoms with Gasteiger partial charge in [-0.1, -0.05) is 6.92 Å². The van der Waals surface area contributed by atoms with Crippen molar-refractivity contribution in [2.24, 2.45) is 11.7 Å². The Morgan fingerprint density at radius 1 is 1.35 bits per heavy atom. The third-order valence-corrected chi connectivity index (χ3v) is 2.73. The molecule has 0 fully saturated rings. The Balaban J connectivity index is 3.15. The Bertz CT molecular complexity index is 403. The summed E-state index contributed by atoms with van der Waals surface area (Å²) in [5, 5.41) is 0. The van der Waals surface area contributed by atoms with Crippen molar-refractivity contribution in [1.82, 2.24) is 0 Å². The van der Waals surface area contributed by atoms with Gasteiger partial charge >= 0.3 is 6.18 Å². The molecule has 2 N–H and O–H groups in total. The molecule has 96 valence electrons. The van der Waals surface area contributed by atoms with Crippen LogP contribution in [-0.4, -0.2) is 6.54 Å². The highest BCUT2D eigenvalue weighted by Gasteiger charge is 2.35. The van der Waals surface area contributed by atoms with Crippen LogP contribution < -0.4 is 5.73 Å². The van der Waals surface area contributed by atoms with Gasteiger partial charge < -0.3 is 5.73 Å². The zero-order valence-corrected chi connectivity index (χ0v) is 10.1. The molecular weight excluding hydrogens is 254 g/mol. The Morgan fingerprint density at radius 2 is 1.94 bits per heavy atom. The number of benzene rings is 1. The molecule has 1 unspecified atom stereocenters. The van der Waals surface area contributed by atoms with Crippen molar-refractivity contribution in [1.29, 1.82) is 0 Å².